The first-order valence-corrected chi connectivity index (χ1v) is 7.34. The summed E-state index contributed by atoms with van der Waals surface area (Å²) >= 11 is 0.833. The summed E-state index contributed by atoms with van der Waals surface area (Å²) in [6, 6.07) is 1.83. The highest BCUT2D eigenvalue weighted by Crippen LogP contribution is 2.16. The summed E-state index contributed by atoms with van der Waals surface area (Å²) in [5.74, 6) is 0. The Kier molecular flexibility index (Phi) is 3.59. The van der Waals surface area contributed by atoms with Crippen LogP contribution >= 0.6 is 11.3 Å². The Bertz CT molecular complexity index is 632. The molecule has 98 valence electrons. The van der Waals surface area contributed by atoms with E-state index in [1.54, 1.807) is 17.9 Å². The minimum absolute atomic E-state index is 0.120. The Morgan fingerprint density at radius 2 is 2.28 bits per heavy atom. The number of sulfonamides is 1. The predicted molar refractivity (Wildman–Crippen MR) is 66.4 cm³/mol. The van der Waals surface area contributed by atoms with Crippen molar-refractivity contribution in [3.63, 3.8) is 0 Å². The molecule has 2 rings (SSSR count). The summed E-state index contributed by atoms with van der Waals surface area (Å²) in [4.78, 5) is 0. The van der Waals surface area contributed by atoms with Crippen LogP contribution in [0.15, 0.2) is 16.6 Å². The van der Waals surface area contributed by atoms with E-state index in [1.807, 2.05) is 6.07 Å². The van der Waals surface area contributed by atoms with Crippen molar-refractivity contribution in [1.29, 1.82) is 0 Å². The van der Waals surface area contributed by atoms with Crippen LogP contribution < -0.4 is 10.5 Å². The third-order valence-corrected chi connectivity index (χ3v) is 4.83. The molecule has 2 heterocycles. The second-order valence-corrected chi connectivity index (χ2v) is 6.45. The first-order valence-electron chi connectivity index (χ1n) is 5.04. The first-order chi connectivity index (χ1) is 8.49. The van der Waals surface area contributed by atoms with Crippen LogP contribution in [0.3, 0.4) is 0 Å². The maximum atomic E-state index is 11.8. The van der Waals surface area contributed by atoms with Crippen LogP contribution in [0.1, 0.15) is 5.69 Å². The smallest absolute Gasteiger partial charge is 0.269 e. The van der Waals surface area contributed by atoms with Crippen LogP contribution in [0, 0.1) is 0 Å². The van der Waals surface area contributed by atoms with E-state index < -0.39 is 10.0 Å². The van der Waals surface area contributed by atoms with E-state index in [0.29, 0.717) is 6.42 Å². The molecule has 3 N–H and O–H groups in total. The van der Waals surface area contributed by atoms with Gasteiger partial charge in [0.2, 0.25) is 9.47 Å². The zero-order chi connectivity index (χ0) is 13.2. The minimum atomic E-state index is -3.62. The molecule has 0 saturated carbocycles. The number of nitrogen functional groups attached to an aromatic ring is 1. The van der Waals surface area contributed by atoms with Crippen molar-refractivity contribution < 1.29 is 8.42 Å². The lowest BCUT2D eigenvalue weighted by molar-refractivity contribution is 0.577. The van der Waals surface area contributed by atoms with Crippen molar-refractivity contribution in [2.75, 3.05) is 12.3 Å². The molecule has 18 heavy (non-hydrogen) atoms. The molecule has 0 aliphatic heterocycles. The molecule has 0 unspecified atom stereocenters. The van der Waals surface area contributed by atoms with E-state index in [-0.39, 0.29) is 16.0 Å². The Hall–Kier alpha value is -1.52. The fraction of sp³-hybridized carbons (Fsp3) is 0.375. The number of nitrogens with two attached hydrogens (primary N) is 1. The van der Waals surface area contributed by atoms with Crippen LogP contribution in [0.25, 0.3) is 0 Å². The molecule has 0 atom stereocenters. The van der Waals surface area contributed by atoms with Gasteiger partial charge in [0.1, 0.15) is 0 Å². The maximum Gasteiger partial charge on any atom is 0.269 e. The summed E-state index contributed by atoms with van der Waals surface area (Å²) in [6.45, 7) is 0.265. The average Bonchev–Trinajstić information content (AvgIpc) is 2.89. The molecular formula is C8H12N6O2S2. The van der Waals surface area contributed by atoms with E-state index in [4.69, 9.17) is 5.73 Å². The summed E-state index contributed by atoms with van der Waals surface area (Å²) in [6.07, 6.45) is 2.21. The maximum absolute atomic E-state index is 11.8. The normalized spacial score (nSPS) is 11.8. The SMILES string of the molecule is Cn1nccc1CCNS(=O)(=O)c1nnc(N)s1. The van der Waals surface area contributed by atoms with Gasteiger partial charge in [-0.25, -0.2) is 13.1 Å². The first kappa shape index (κ1) is 12.9. The summed E-state index contributed by atoms with van der Waals surface area (Å²) < 4.78 is 27.6. The number of aromatic nitrogens is 4. The molecule has 0 aliphatic rings. The number of hydrogen-bond acceptors (Lipinski definition) is 7. The largest absolute Gasteiger partial charge is 0.374 e. The standard InChI is InChI=1S/C8H12N6O2S2/c1-14-6(2-4-10-14)3-5-11-18(15,16)8-13-12-7(9)17-8/h2,4,11H,3,5H2,1H3,(H2,9,12). The van der Waals surface area contributed by atoms with Gasteiger partial charge >= 0.3 is 0 Å². The van der Waals surface area contributed by atoms with Crippen LogP contribution in [0.2, 0.25) is 0 Å². The molecule has 0 radical (unpaired) electrons. The van der Waals surface area contributed by atoms with Crippen molar-refractivity contribution in [1.82, 2.24) is 24.7 Å². The van der Waals surface area contributed by atoms with Gasteiger partial charge in [-0.15, -0.1) is 10.2 Å². The third-order valence-electron chi connectivity index (χ3n) is 2.25. The van der Waals surface area contributed by atoms with Gasteiger partial charge < -0.3 is 5.73 Å². The van der Waals surface area contributed by atoms with Gasteiger partial charge in [0.25, 0.3) is 10.0 Å². The lowest BCUT2D eigenvalue weighted by Gasteiger charge is -2.03. The van der Waals surface area contributed by atoms with Gasteiger partial charge in [0, 0.05) is 31.9 Å². The quantitative estimate of drug-likeness (QED) is 0.757. The van der Waals surface area contributed by atoms with Gasteiger partial charge in [-0.3, -0.25) is 4.68 Å². The predicted octanol–water partition coefficient (Wildman–Crippen LogP) is -0.625. The third kappa shape index (κ3) is 2.83. The monoisotopic (exact) mass is 288 g/mol. The summed E-state index contributed by atoms with van der Waals surface area (Å²) in [5, 5.41) is 11.1. The number of nitrogens with one attached hydrogen (secondary N) is 1. The molecule has 0 amide bonds. The van der Waals surface area contributed by atoms with Crippen molar-refractivity contribution in [2.24, 2.45) is 7.05 Å². The lowest BCUT2D eigenvalue weighted by atomic mass is 10.3. The second-order valence-electron chi connectivity index (χ2n) is 3.50. The van der Waals surface area contributed by atoms with Crippen LogP contribution in [-0.2, 0) is 23.5 Å². The van der Waals surface area contributed by atoms with Gasteiger partial charge in [0.05, 0.1) is 0 Å². The van der Waals surface area contributed by atoms with E-state index in [9.17, 15) is 8.42 Å². The van der Waals surface area contributed by atoms with Crippen LogP contribution in [0.5, 0.6) is 0 Å². The molecule has 0 fully saturated rings. The molecule has 0 aliphatic carbocycles. The van der Waals surface area contributed by atoms with Crippen molar-refractivity contribution in [3.05, 3.63) is 18.0 Å². The summed E-state index contributed by atoms with van der Waals surface area (Å²) in [5.41, 5.74) is 6.28. The second kappa shape index (κ2) is 5.00. The zero-order valence-corrected chi connectivity index (χ0v) is 11.2. The molecule has 0 aromatic carbocycles. The molecular weight excluding hydrogens is 276 g/mol. The fourth-order valence-corrected chi connectivity index (χ4v) is 3.21. The van der Waals surface area contributed by atoms with Crippen molar-refractivity contribution in [3.8, 4) is 0 Å². The number of aryl methyl sites for hydroxylation is 1. The van der Waals surface area contributed by atoms with Gasteiger partial charge in [-0.1, -0.05) is 11.3 Å². The Balaban J connectivity index is 1.96. The molecule has 10 heteroatoms. The fourth-order valence-electron chi connectivity index (χ4n) is 1.35. The van der Waals surface area contributed by atoms with Crippen LogP contribution in [0.4, 0.5) is 5.13 Å². The number of rotatable bonds is 5. The van der Waals surface area contributed by atoms with E-state index >= 15 is 0 Å². The highest BCUT2D eigenvalue weighted by Gasteiger charge is 2.18. The highest BCUT2D eigenvalue weighted by atomic mass is 32.2. The molecule has 0 saturated heterocycles. The van der Waals surface area contributed by atoms with Crippen molar-refractivity contribution in [2.45, 2.75) is 10.8 Å². The highest BCUT2D eigenvalue weighted by molar-refractivity contribution is 7.91. The van der Waals surface area contributed by atoms with Gasteiger partial charge in [-0.05, 0) is 6.07 Å². The van der Waals surface area contributed by atoms with E-state index in [0.717, 1.165) is 17.0 Å². The Morgan fingerprint density at radius 3 is 2.83 bits per heavy atom. The van der Waals surface area contributed by atoms with Gasteiger partial charge in [0.15, 0.2) is 0 Å². The number of anilines is 1. The number of hydrogen-bond donors (Lipinski definition) is 2. The Labute approximate surface area is 108 Å². The molecule has 0 bridgehead atoms. The van der Waals surface area contributed by atoms with Crippen LogP contribution in [-0.4, -0.2) is 34.9 Å². The van der Waals surface area contributed by atoms with E-state index in [2.05, 4.69) is 20.0 Å². The summed E-state index contributed by atoms with van der Waals surface area (Å²) in [7, 11) is -1.82. The average molecular weight is 288 g/mol. The molecule has 8 nitrogen and oxygen atoms in total. The molecule has 0 spiro atoms. The van der Waals surface area contributed by atoms with E-state index in [1.165, 1.54) is 0 Å². The zero-order valence-electron chi connectivity index (χ0n) is 9.57. The Morgan fingerprint density at radius 1 is 1.50 bits per heavy atom. The lowest BCUT2D eigenvalue weighted by Crippen LogP contribution is -2.26. The van der Waals surface area contributed by atoms with Gasteiger partial charge in [-0.2, -0.15) is 5.10 Å². The molecule has 2 aromatic heterocycles. The topological polar surface area (TPSA) is 116 Å². The number of nitrogens with zero attached hydrogens (tertiary/aromatic N) is 4. The van der Waals surface area contributed by atoms with Crippen molar-refractivity contribution >= 4 is 26.5 Å². The molecule has 2 aromatic rings. The minimum Gasteiger partial charge on any atom is -0.374 e.